The van der Waals surface area contributed by atoms with Gasteiger partial charge < -0.3 is 19.5 Å². The number of aromatic nitrogens is 3. The number of rotatable bonds is 9. The van der Waals surface area contributed by atoms with E-state index in [9.17, 15) is 14.9 Å². The lowest BCUT2D eigenvalue weighted by Crippen LogP contribution is -2.25. The molecule has 3 aromatic rings. The molecule has 1 amide bonds. The number of nitro groups is 1. The second-order valence-electron chi connectivity index (χ2n) is 5.95. The smallest absolute Gasteiger partial charge is 0.286 e. The molecule has 0 spiro atoms. The zero-order chi connectivity index (χ0) is 21.5. The van der Waals surface area contributed by atoms with Gasteiger partial charge in [-0.2, -0.15) is 5.10 Å². The molecule has 0 unspecified atom stereocenters. The number of methoxy groups -OCH3 is 2. The molecule has 11 nitrogen and oxygen atoms in total. The second-order valence-corrected chi connectivity index (χ2v) is 5.95. The highest BCUT2D eigenvalue weighted by Gasteiger charge is 2.25. The third-order valence-corrected chi connectivity index (χ3v) is 4.08. The summed E-state index contributed by atoms with van der Waals surface area (Å²) in [5, 5.41) is 18.3. The SMILES string of the molecule is COCOc1cc([N+](=O)[O-])c(C(=O)NCc2cccnc2-n2cccn2)cc1OC. The summed E-state index contributed by atoms with van der Waals surface area (Å²) < 4.78 is 16.9. The van der Waals surface area contributed by atoms with E-state index in [2.05, 4.69) is 15.4 Å². The van der Waals surface area contributed by atoms with Gasteiger partial charge in [-0.25, -0.2) is 9.67 Å². The zero-order valence-corrected chi connectivity index (χ0v) is 16.3. The van der Waals surface area contributed by atoms with Crippen LogP contribution >= 0.6 is 0 Å². The molecular weight excluding hydrogens is 394 g/mol. The third-order valence-electron chi connectivity index (χ3n) is 4.08. The molecule has 3 rings (SSSR count). The fraction of sp³-hybridized carbons (Fsp3) is 0.211. The van der Waals surface area contributed by atoms with Crippen LogP contribution in [0.25, 0.3) is 5.82 Å². The lowest BCUT2D eigenvalue weighted by molar-refractivity contribution is -0.385. The van der Waals surface area contributed by atoms with Gasteiger partial charge in [-0.1, -0.05) is 6.07 Å². The highest BCUT2D eigenvalue weighted by Crippen LogP contribution is 2.34. The third kappa shape index (κ3) is 4.52. The van der Waals surface area contributed by atoms with Crippen molar-refractivity contribution in [2.75, 3.05) is 21.0 Å². The van der Waals surface area contributed by atoms with Gasteiger partial charge in [-0.15, -0.1) is 0 Å². The summed E-state index contributed by atoms with van der Waals surface area (Å²) in [6.45, 7) is -0.0421. The molecule has 0 aliphatic heterocycles. The minimum Gasteiger partial charge on any atom is -0.493 e. The molecule has 1 aromatic carbocycles. The standard InChI is InChI=1S/C19H19N5O6/c1-28-12-30-17-10-15(24(26)27)14(9-16(17)29-2)19(25)21-11-13-5-3-6-20-18(13)23-8-4-7-22-23/h3-10H,11-12H2,1-2H3,(H,21,25). The summed E-state index contributed by atoms with van der Waals surface area (Å²) in [6.07, 6.45) is 4.94. The monoisotopic (exact) mass is 413 g/mol. The Balaban J connectivity index is 1.86. The van der Waals surface area contributed by atoms with Crippen molar-refractivity contribution < 1.29 is 23.9 Å². The van der Waals surface area contributed by atoms with Gasteiger partial charge in [0, 0.05) is 43.9 Å². The molecule has 0 fully saturated rings. The number of hydrogen-bond acceptors (Lipinski definition) is 8. The largest absolute Gasteiger partial charge is 0.493 e. The van der Waals surface area contributed by atoms with Gasteiger partial charge in [-0.05, 0) is 12.1 Å². The summed E-state index contributed by atoms with van der Waals surface area (Å²) >= 11 is 0. The number of carbonyl (C=O) groups excluding carboxylic acids is 1. The first-order valence-electron chi connectivity index (χ1n) is 8.75. The van der Waals surface area contributed by atoms with Crippen LogP contribution in [0.2, 0.25) is 0 Å². The molecule has 0 bridgehead atoms. The van der Waals surface area contributed by atoms with E-state index in [-0.39, 0.29) is 30.4 Å². The molecule has 1 N–H and O–H groups in total. The van der Waals surface area contributed by atoms with E-state index >= 15 is 0 Å². The summed E-state index contributed by atoms with van der Waals surface area (Å²) in [7, 11) is 2.78. The average molecular weight is 413 g/mol. The molecule has 0 radical (unpaired) electrons. The Hall–Kier alpha value is -3.99. The topological polar surface area (TPSA) is 131 Å². The Bertz CT molecular complexity index is 1040. The van der Waals surface area contributed by atoms with Crippen molar-refractivity contribution in [1.29, 1.82) is 0 Å². The first-order chi connectivity index (χ1) is 14.5. The summed E-state index contributed by atoms with van der Waals surface area (Å²) in [4.78, 5) is 27.9. The Kier molecular flexibility index (Phi) is 6.55. The van der Waals surface area contributed by atoms with Gasteiger partial charge in [0.2, 0.25) is 0 Å². The predicted molar refractivity (Wildman–Crippen MR) is 105 cm³/mol. The summed E-state index contributed by atoms with van der Waals surface area (Å²) in [6, 6.07) is 7.64. The molecule has 156 valence electrons. The van der Waals surface area contributed by atoms with Gasteiger partial charge in [0.05, 0.1) is 18.1 Å². The van der Waals surface area contributed by atoms with Crippen molar-refractivity contribution in [2.45, 2.75) is 6.54 Å². The van der Waals surface area contributed by atoms with Crippen LogP contribution in [-0.4, -0.2) is 46.6 Å². The van der Waals surface area contributed by atoms with Crippen LogP contribution in [-0.2, 0) is 11.3 Å². The highest BCUT2D eigenvalue weighted by atomic mass is 16.7. The second kappa shape index (κ2) is 9.47. The fourth-order valence-electron chi connectivity index (χ4n) is 2.72. The van der Waals surface area contributed by atoms with Crippen LogP contribution in [0.1, 0.15) is 15.9 Å². The highest BCUT2D eigenvalue weighted by molar-refractivity contribution is 5.99. The first kappa shape index (κ1) is 20.7. The molecular formula is C19H19N5O6. The van der Waals surface area contributed by atoms with E-state index in [4.69, 9.17) is 14.2 Å². The number of ether oxygens (including phenoxy) is 3. The lowest BCUT2D eigenvalue weighted by Gasteiger charge is -2.13. The van der Waals surface area contributed by atoms with Crippen molar-refractivity contribution in [3.05, 3.63) is 70.2 Å². The number of nitro benzene ring substituents is 1. The molecule has 0 aliphatic carbocycles. The van der Waals surface area contributed by atoms with E-state index in [1.165, 1.54) is 20.3 Å². The number of benzene rings is 1. The minimum atomic E-state index is -0.659. The van der Waals surface area contributed by atoms with Crippen LogP contribution < -0.4 is 14.8 Å². The van der Waals surface area contributed by atoms with E-state index < -0.39 is 16.5 Å². The molecule has 0 aliphatic rings. The maximum absolute atomic E-state index is 12.8. The maximum atomic E-state index is 12.8. The van der Waals surface area contributed by atoms with E-state index in [0.29, 0.717) is 11.4 Å². The summed E-state index contributed by atoms with van der Waals surface area (Å²) in [5.41, 5.74) is 0.105. The van der Waals surface area contributed by atoms with E-state index in [1.807, 2.05) is 0 Å². The van der Waals surface area contributed by atoms with Crippen molar-refractivity contribution in [1.82, 2.24) is 20.1 Å². The van der Waals surface area contributed by atoms with Crippen LogP contribution in [0.5, 0.6) is 11.5 Å². The van der Waals surface area contributed by atoms with Crippen LogP contribution in [0.15, 0.2) is 48.9 Å². The van der Waals surface area contributed by atoms with E-state index in [0.717, 1.165) is 6.07 Å². The number of nitrogens with zero attached hydrogens (tertiary/aromatic N) is 4. The van der Waals surface area contributed by atoms with Crippen LogP contribution in [0.4, 0.5) is 5.69 Å². The minimum absolute atomic E-state index is 0.0866. The molecule has 11 heteroatoms. The fourth-order valence-corrected chi connectivity index (χ4v) is 2.72. The Morgan fingerprint density at radius 1 is 1.23 bits per heavy atom. The summed E-state index contributed by atoms with van der Waals surface area (Å²) in [5.74, 6) is 0.156. The van der Waals surface area contributed by atoms with Gasteiger partial charge in [0.25, 0.3) is 11.6 Å². The molecule has 2 aromatic heterocycles. The number of amides is 1. The number of nitrogens with one attached hydrogen (secondary N) is 1. The zero-order valence-electron chi connectivity index (χ0n) is 16.3. The van der Waals surface area contributed by atoms with Crippen molar-refractivity contribution in [3.8, 4) is 17.3 Å². The maximum Gasteiger partial charge on any atom is 0.286 e. The van der Waals surface area contributed by atoms with Crippen LogP contribution in [0, 0.1) is 10.1 Å². The lowest BCUT2D eigenvalue weighted by atomic mass is 10.1. The number of pyridine rings is 1. The van der Waals surface area contributed by atoms with Gasteiger partial charge in [0.1, 0.15) is 5.56 Å². The molecule has 30 heavy (non-hydrogen) atoms. The number of hydrogen-bond donors (Lipinski definition) is 1. The normalized spacial score (nSPS) is 10.5. The molecule has 0 saturated carbocycles. The number of carbonyl (C=O) groups is 1. The Labute approximate surface area is 171 Å². The van der Waals surface area contributed by atoms with Gasteiger partial charge in [0.15, 0.2) is 24.1 Å². The first-order valence-corrected chi connectivity index (χ1v) is 8.75. The van der Waals surface area contributed by atoms with Crippen molar-refractivity contribution in [2.24, 2.45) is 0 Å². The van der Waals surface area contributed by atoms with Gasteiger partial charge >= 0.3 is 0 Å². The van der Waals surface area contributed by atoms with Crippen LogP contribution in [0.3, 0.4) is 0 Å². The van der Waals surface area contributed by atoms with E-state index in [1.54, 1.807) is 41.5 Å². The quantitative estimate of drug-likeness (QED) is 0.321. The Morgan fingerprint density at radius 3 is 2.73 bits per heavy atom. The average Bonchev–Trinajstić information content (AvgIpc) is 3.30. The molecule has 0 atom stereocenters. The van der Waals surface area contributed by atoms with Crippen molar-refractivity contribution >= 4 is 11.6 Å². The molecule has 2 heterocycles. The molecule has 0 saturated heterocycles. The van der Waals surface area contributed by atoms with Gasteiger partial charge in [-0.3, -0.25) is 14.9 Å². The predicted octanol–water partition coefficient (Wildman–Crippen LogP) is 2.10. The van der Waals surface area contributed by atoms with Crippen molar-refractivity contribution in [3.63, 3.8) is 0 Å². The Morgan fingerprint density at radius 2 is 2.07 bits per heavy atom.